The van der Waals surface area contributed by atoms with Gasteiger partial charge in [-0.3, -0.25) is 19.6 Å². The van der Waals surface area contributed by atoms with Gasteiger partial charge in [0.1, 0.15) is 12.6 Å². The van der Waals surface area contributed by atoms with Gasteiger partial charge in [0.05, 0.1) is 20.5 Å². The zero-order valence-electron chi connectivity index (χ0n) is 30.6. The van der Waals surface area contributed by atoms with Crippen LogP contribution in [0.4, 0.5) is 0 Å². The van der Waals surface area contributed by atoms with Crippen molar-refractivity contribution >= 4 is 82.6 Å². The van der Waals surface area contributed by atoms with Crippen LogP contribution in [0.5, 0.6) is 0 Å². The van der Waals surface area contributed by atoms with Crippen molar-refractivity contribution in [3.05, 3.63) is 136 Å². The summed E-state index contributed by atoms with van der Waals surface area (Å²) in [4.78, 5) is 30.1. The molecule has 0 radical (unpaired) electrons. The van der Waals surface area contributed by atoms with Gasteiger partial charge >= 0.3 is 7.12 Å². The molecule has 0 atom stereocenters. The Morgan fingerprint density at radius 1 is 0.630 bits per heavy atom. The van der Waals surface area contributed by atoms with Crippen LogP contribution in [0.1, 0.15) is 59.5 Å². The predicted octanol–water partition coefficient (Wildman–Crippen LogP) is 6.45. The number of hydrogen-bond donors (Lipinski definition) is 2. The van der Waals surface area contributed by atoms with E-state index in [9.17, 15) is 26.4 Å². The van der Waals surface area contributed by atoms with E-state index >= 15 is 0 Å². The van der Waals surface area contributed by atoms with Gasteiger partial charge in [0, 0.05) is 56.8 Å². The smallest absolute Gasteiger partial charge is 0.423 e. The highest BCUT2D eigenvalue weighted by Crippen LogP contribution is 2.37. The molecule has 6 rings (SSSR count). The quantitative estimate of drug-likeness (QED) is 0.129. The molecule has 0 aliphatic heterocycles. The summed E-state index contributed by atoms with van der Waals surface area (Å²) in [5, 5.41) is 19.2. The number of hydrogen-bond acceptors (Lipinski definition) is 10. The zero-order chi connectivity index (χ0) is 40.1. The molecule has 280 valence electrons. The number of aldehydes is 2. The Kier molecular flexibility index (Phi) is 13.1. The molecule has 2 aromatic heterocycles. The van der Waals surface area contributed by atoms with E-state index in [1.807, 2.05) is 60.7 Å². The van der Waals surface area contributed by atoms with Crippen molar-refractivity contribution in [3.63, 3.8) is 0 Å². The average Bonchev–Trinajstić information content (AvgIpc) is 3.14. The molecule has 2 heterocycles. The molecule has 0 unspecified atom stereocenters. The van der Waals surface area contributed by atoms with Gasteiger partial charge in [0.15, 0.2) is 19.7 Å². The largest absolute Gasteiger partial charge is 0.488 e. The minimum atomic E-state index is -3.31. The maximum Gasteiger partial charge on any atom is 0.488 e. The summed E-state index contributed by atoms with van der Waals surface area (Å²) >= 11 is 3.45. The Labute approximate surface area is 324 Å². The first kappa shape index (κ1) is 42.2. The van der Waals surface area contributed by atoms with E-state index in [1.54, 1.807) is 64.4 Å². The molecule has 0 aliphatic rings. The van der Waals surface area contributed by atoms with Crippen LogP contribution in [-0.4, -0.2) is 69.1 Å². The Hall–Kier alpha value is -4.60. The third kappa shape index (κ3) is 9.55. The number of fused-ring (bicyclic) bond motifs is 2. The maximum absolute atomic E-state index is 12.3. The van der Waals surface area contributed by atoms with Crippen LogP contribution < -0.4 is 5.46 Å². The molecule has 6 aromatic rings. The normalized spacial score (nSPS) is 11.9. The highest BCUT2D eigenvalue weighted by Gasteiger charge is 2.34. The van der Waals surface area contributed by atoms with Gasteiger partial charge in [-0.2, -0.15) is 0 Å². The third-order valence-electron chi connectivity index (χ3n) is 9.29. The van der Waals surface area contributed by atoms with Gasteiger partial charge in [0.25, 0.3) is 0 Å². The topological polar surface area (TPSA) is 169 Å². The van der Waals surface area contributed by atoms with E-state index in [2.05, 4.69) is 25.9 Å². The number of carbonyl (C=O) groups is 2. The first-order valence-corrected chi connectivity index (χ1v) is 21.1. The minimum absolute atomic E-state index is 0.328. The fourth-order valence-electron chi connectivity index (χ4n) is 5.26. The molecular weight excluding hydrogens is 791 g/mol. The summed E-state index contributed by atoms with van der Waals surface area (Å²) < 4.78 is 47.2. The van der Waals surface area contributed by atoms with Crippen LogP contribution in [0.15, 0.2) is 114 Å². The zero-order valence-corrected chi connectivity index (χ0v) is 33.8. The number of carbonyl (C=O) groups excluding carboxylic acids is 2. The highest BCUT2D eigenvalue weighted by atomic mass is 79.9. The first-order chi connectivity index (χ1) is 25.2. The van der Waals surface area contributed by atoms with Crippen molar-refractivity contribution in [1.29, 1.82) is 0 Å². The number of aromatic nitrogens is 2. The van der Waals surface area contributed by atoms with Crippen LogP contribution >= 0.6 is 15.9 Å². The van der Waals surface area contributed by atoms with Crippen LogP contribution in [-0.2, 0) is 29.2 Å². The summed E-state index contributed by atoms with van der Waals surface area (Å²) in [6, 6.07) is 28.3. The van der Waals surface area contributed by atoms with E-state index < -0.39 is 36.3 Å². The Bertz CT molecular complexity index is 2560. The fourth-order valence-corrected chi connectivity index (χ4v) is 6.93. The lowest BCUT2D eigenvalue weighted by molar-refractivity contribution is 0.111. The van der Waals surface area contributed by atoms with Gasteiger partial charge in [-0.05, 0) is 108 Å². The van der Waals surface area contributed by atoms with E-state index in [0.717, 1.165) is 49.3 Å². The summed E-state index contributed by atoms with van der Waals surface area (Å²) in [6.07, 6.45) is 7.38. The number of pyridine rings is 2. The van der Waals surface area contributed by atoms with Crippen LogP contribution in [0, 0.1) is 0 Å². The first-order valence-electron chi connectivity index (χ1n) is 16.5. The van der Waals surface area contributed by atoms with Crippen LogP contribution in [0.2, 0.25) is 0 Å². The second kappa shape index (κ2) is 16.8. The Balaban J connectivity index is 0.000000195. The summed E-state index contributed by atoms with van der Waals surface area (Å²) in [6.45, 7) is 6.83. The molecule has 0 aliphatic carbocycles. The number of nitrogens with zero attached hydrogens (tertiary/aromatic N) is 2. The standard InChI is InChI=1S/C20H19NO3S.C13H14BrNO2S.C7H7BO3/c1-20(2,25(3,23)24)17-11-16-8-5-9-21-19(16)18(12-17)15-7-4-6-14(10-15)13-22;1-13(2,18(3,16)17)10-7-9-5-4-6-15-12(9)11(14)8-10;9-5-6-2-1-3-7(4-6)8(10)11/h4-13H,1-3H3;4-8H,1-3H3;1-5,10-11H. The van der Waals surface area contributed by atoms with Crippen LogP contribution in [0.3, 0.4) is 0 Å². The molecule has 0 saturated heterocycles. The Morgan fingerprint density at radius 3 is 1.63 bits per heavy atom. The molecule has 0 amide bonds. The number of benzene rings is 4. The van der Waals surface area contributed by atoms with Gasteiger partial charge in [0.2, 0.25) is 0 Å². The lowest BCUT2D eigenvalue weighted by Gasteiger charge is -2.24. The second-order valence-electron chi connectivity index (χ2n) is 13.6. The van der Waals surface area contributed by atoms with Crippen molar-refractivity contribution in [2.75, 3.05) is 12.5 Å². The summed E-state index contributed by atoms with van der Waals surface area (Å²) in [5.41, 5.74) is 6.05. The van der Waals surface area contributed by atoms with Crippen LogP contribution in [0.25, 0.3) is 32.9 Å². The van der Waals surface area contributed by atoms with Crippen molar-refractivity contribution in [2.24, 2.45) is 0 Å². The third-order valence-corrected chi connectivity index (χ3v) is 14.1. The molecule has 54 heavy (non-hydrogen) atoms. The second-order valence-corrected chi connectivity index (χ2v) is 19.6. The fraction of sp³-hybridized carbons (Fsp3) is 0.200. The van der Waals surface area contributed by atoms with Gasteiger partial charge in [-0.1, -0.05) is 54.6 Å². The van der Waals surface area contributed by atoms with Crippen molar-refractivity contribution in [3.8, 4) is 11.1 Å². The van der Waals surface area contributed by atoms with E-state index in [4.69, 9.17) is 10.0 Å². The Morgan fingerprint density at radius 2 is 1.11 bits per heavy atom. The highest BCUT2D eigenvalue weighted by molar-refractivity contribution is 9.10. The minimum Gasteiger partial charge on any atom is -0.423 e. The lowest BCUT2D eigenvalue weighted by atomic mass is 9.80. The molecule has 0 bridgehead atoms. The molecule has 0 saturated carbocycles. The SMILES string of the molecule is CC(C)(c1cc(-c2cccc(C=O)c2)c2ncccc2c1)S(C)(=O)=O.CC(C)(c1cc(Br)c2ncccc2c1)S(C)(=O)=O.O=Cc1cccc(B(O)O)c1. The van der Waals surface area contributed by atoms with Gasteiger partial charge in [-0.25, -0.2) is 16.8 Å². The lowest BCUT2D eigenvalue weighted by Crippen LogP contribution is -2.29. The molecule has 14 heteroatoms. The monoisotopic (exact) mass is 830 g/mol. The van der Waals surface area contributed by atoms with E-state index in [1.165, 1.54) is 24.6 Å². The maximum atomic E-state index is 12.3. The van der Waals surface area contributed by atoms with E-state index in [0.29, 0.717) is 28.4 Å². The van der Waals surface area contributed by atoms with Gasteiger partial charge < -0.3 is 10.0 Å². The van der Waals surface area contributed by atoms with Crippen molar-refractivity contribution < 1.29 is 36.5 Å². The average molecular weight is 832 g/mol. The van der Waals surface area contributed by atoms with E-state index in [-0.39, 0.29) is 0 Å². The summed E-state index contributed by atoms with van der Waals surface area (Å²) in [7, 11) is -8.00. The molecule has 4 aromatic carbocycles. The number of halogens is 1. The molecule has 10 nitrogen and oxygen atoms in total. The number of rotatable bonds is 8. The predicted molar refractivity (Wildman–Crippen MR) is 219 cm³/mol. The van der Waals surface area contributed by atoms with Crippen molar-refractivity contribution in [2.45, 2.75) is 37.2 Å². The molecular formula is C40H40BBrN2O8S2. The molecule has 0 spiro atoms. The molecule has 0 fully saturated rings. The van der Waals surface area contributed by atoms with Gasteiger partial charge in [-0.15, -0.1) is 0 Å². The molecule has 2 N–H and O–H groups in total. The number of sulfone groups is 2. The summed E-state index contributed by atoms with van der Waals surface area (Å²) in [5.74, 6) is 0. The van der Waals surface area contributed by atoms with Crippen molar-refractivity contribution in [1.82, 2.24) is 9.97 Å².